The third-order valence-corrected chi connectivity index (χ3v) is 6.14. The molecular formula is C17H17ClF4N6O5. The number of esters is 1. The zero-order valence-corrected chi connectivity index (χ0v) is 17.1. The summed E-state index contributed by atoms with van der Waals surface area (Å²) in [4.78, 5) is 13.6. The van der Waals surface area contributed by atoms with Crippen LogP contribution >= 0.6 is 11.6 Å². The highest BCUT2D eigenvalue weighted by Crippen LogP contribution is 2.44. The summed E-state index contributed by atoms with van der Waals surface area (Å²) in [5.41, 5.74) is -4.68. The Morgan fingerprint density at radius 1 is 1.30 bits per heavy atom. The van der Waals surface area contributed by atoms with Crippen LogP contribution in [0, 0.1) is 16.6 Å². The molecule has 8 N–H and O–H groups in total. The molecule has 0 radical (unpaired) electrons. The highest BCUT2D eigenvalue weighted by Gasteiger charge is 2.75. The molecule has 3 aliphatic rings. The van der Waals surface area contributed by atoms with Crippen LogP contribution in [0.5, 0.6) is 0 Å². The van der Waals surface area contributed by atoms with E-state index in [4.69, 9.17) is 27.2 Å². The lowest BCUT2D eigenvalue weighted by atomic mass is 9.85. The quantitative estimate of drug-likeness (QED) is 0.150. The number of nitrogens with one attached hydrogen (secondary N) is 5. The van der Waals surface area contributed by atoms with Gasteiger partial charge in [0.25, 0.3) is 0 Å². The fourth-order valence-corrected chi connectivity index (χ4v) is 4.58. The summed E-state index contributed by atoms with van der Waals surface area (Å²) in [5.74, 6) is -7.03. The Morgan fingerprint density at radius 3 is 2.58 bits per heavy atom. The fourth-order valence-electron chi connectivity index (χ4n) is 4.36. The number of hydrogen-bond donors (Lipinski definition) is 8. The van der Waals surface area contributed by atoms with Crippen molar-refractivity contribution in [2.75, 3.05) is 13.2 Å². The molecule has 3 saturated heterocycles. The van der Waals surface area contributed by atoms with Gasteiger partial charge < -0.3 is 40.9 Å². The third kappa shape index (κ3) is 3.25. The number of carbonyl (C=O) groups excluding carboxylic acids is 1. The molecule has 33 heavy (non-hydrogen) atoms. The predicted octanol–water partition coefficient (Wildman–Crippen LogP) is -0.889. The van der Waals surface area contributed by atoms with Gasteiger partial charge in [-0.25, -0.2) is 9.18 Å². The highest BCUT2D eigenvalue weighted by molar-refractivity contribution is 6.31. The van der Waals surface area contributed by atoms with Gasteiger partial charge in [-0.2, -0.15) is 13.2 Å². The van der Waals surface area contributed by atoms with Crippen molar-refractivity contribution in [1.29, 1.82) is 10.8 Å². The minimum Gasteiger partial charge on any atom is -0.451 e. The van der Waals surface area contributed by atoms with E-state index in [9.17, 15) is 37.7 Å². The molecule has 1 unspecified atom stereocenters. The second-order valence-electron chi connectivity index (χ2n) is 7.72. The van der Waals surface area contributed by atoms with Gasteiger partial charge >= 0.3 is 12.1 Å². The third-order valence-electron chi connectivity index (χ3n) is 5.87. The lowest BCUT2D eigenvalue weighted by Gasteiger charge is -2.50. The molecule has 0 aromatic heterocycles. The van der Waals surface area contributed by atoms with Crippen LogP contribution in [-0.2, 0) is 10.9 Å². The number of alkyl halides is 3. The van der Waals surface area contributed by atoms with Gasteiger partial charge in [0.15, 0.2) is 29.5 Å². The Kier molecular flexibility index (Phi) is 5.16. The number of ether oxygens (including phenoxy) is 1. The zero-order chi connectivity index (χ0) is 24.5. The predicted molar refractivity (Wildman–Crippen MR) is 102 cm³/mol. The van der Waals surface area contributed by atoms with E-state index >= 15 is 0 Å². The molecule has 1 aromatic carbocycles. The summed E-state index contributed by atoms with van der Waals surface area (Å²) in [7, 11) is 0. The topological polar surface area (TPSA) is 174 Å². The van der Waals surface area contributed by atoms with Crippen LogP contribution in [0.4, 0.5) is 17.6 Å². The van der Waals surface area contributed by atoms with Gasteiger partial charge in [0.1, 0.15) is 0 Å². The van der Waals surface area contributed by atoms with Crippen LogP contribution in [0.15, 0.2) is 12.1 Å². The molecule has 0 saturated carbocycles. The van der Waals surface area contributed by atoms with Gasteiger partial charge in [0, 0.05) is 0 Å². The van der Waals surface area contributed by atoms with Crippen molar-refractivity contribution >= 4 is 29.5 Å². The molecule has 3 aliphatic heterocycles. The number of aliphatic hydroxyl groups is 3. The van der Waals surface area contributed by atoms with Crippen molar-refractivity contribution in [2.24, 2.45) is 0 Å². The Balaban J connectivity index is 1.70. The van der Waals surface area contributed by atoms with Gasteiger partial charge in [-0.05, 0) is 12.1 Å². The maximum Gasteiger partial charge on any atom is 0.416 e. The number of hydrogen-bond acceptors (Lipinski definition) is 7. The SMILES string of the molecule is N=C1NC2[C@H](CO)NC(=N)N3C[C@H](OC(=O)c4cc(C(F)(F)F)cc(Cl)c4F)C(O)(O)[C@]23N1. The first-order valence-corrected chi connectivity index (χ1v) is 9.70. The summed E-state index contributed by atoms with van der Waals surface area (Å²) < 4.78 is 58.5. The van der Waals surface area contributed by atoms with Crippen molar-refractivity contribution in [1.82, 2.24) is 20.9 Å². The highest BCUT2D eigenvalue weighted by atomic mass is 35.5. The van der Waals surface area contributed by atoms with Crippen LogP contribution in [0.1, 0.15) is 15.9 Å². The maximum absolute atomic E-state index is 14.3. The van der Waals surface area contributed by atoms with Crippen LogP contribution < -0.4 is 16.0 Å². The van der Waals surface area contributed by atoms with E-state index in [-0.39, 0.29) is 12.1 Å². The molecule has 4 rings (SSSR count). The first-order valence-electron chi connectivity index (χ1n) is 9.32. The van der Waals surface area contributed by atoms with Gasteiger partial charge in [0.2, 0.25) is 5.79 Å². The van der Waals surface area contributed by atoms with Gasteiger partial charge in [-0.15, -0.1) is 0 Å². The van der Waals surface area contributed by atoms with Crippen LogP contribution in [0.25, 0.3) is 0 Å². The number of carbonyl (C=O) groups is 1. The number of aliphatic hydroxyl groups excluding tert-OH is 1. The van der Waals surface area contributed by atoms with Crippen LogP contribution in [0.2, 0.25) is 5.02 Å². The molecule has 0 bridgehead atoms. The number of nitrogens with zero attached hydrogens (tertiary/aromatic N) is 1. The van der Waals surface area contributed by atoms with Gasteiger partial charge in [0.05, 0.1) is 41.4 Å². The van der Waals surface area contributed by atoms with E-state index in [1.165, 1.54) is 0 Å². The molecular weight excluding hydrogens is 480 g/mol. The monoisotopic (exact) mass is 496 g/mol. The van der Waals surface area contributed by atoms with E-state index in [0.29, 0.717) is 0 Å². The lowest BCUT2D eigenvalue weighted by Crippen LogP contribution is -2.80. The van der Waals surface area contributed by atoms with Crippen molar-refractivity contribution < 1.29 is 42.4 Å². The molecule has 16 heteroatoms. The number of rotatable bonds is 3. The zero-order valence-electron chi connectivity index (χ0n) is 16.3. The molecule has 0 amide bonds. The largest absolute Gasteiger partial charge is 0.451 e. The second kappa shape index (κ2) is 7.31. The molecule has 0 aliphatic carbocycles. The summed E-state index contributed by atoms with van der Waals surface area (Å²) in [6, 6.07) is -1.63. The van der Waals surface area contributed by atoms with Crippen molar-refractivity contribution in [2.45, 2.75) is 35.8 Å². The van der Waals surface area contributed by atoms with Crippen molar-refractivity contribution in [3.63, 3.8) is 0 Å². The summed E-state index contributed by atoms with van der Waals surface area (Å²) >= 11 is 5.49. The van der Waals surface area contributed by atoms with Crippen molar-refractivity contribution in [3.05, 3.63) is 34.1 Å². The number of halogens is 5. The first-order chi connectivity index (χ1) is 15.2. The van der Waals surface area contributed by atoms with E-state index in [2.05, 4.69) is 16.0 Å². The minimum absolute atomic E-state index is 0.180. The van der Waals surface area contributed by atoms with Crippen molar-refractivity contribution in [3.8, 4) is 0 Å². The molecule has 4 atom stereocenters. The Bertz CT molecular complexity index is 1060. The lowest BCUT2D eigenvalue weighted by molar-refractivity contribution is -0.258. The van der Waals surface area contributed by atoms with Crippen LogP contribution in [0.3, 0.4) is 0 Å². The maximum atomic E-state index is 14.3. The van der Waals surface area contributed by atoms with E-state index in [1.54, 1.807) is 0 Å². The van der Waals surface area contributed by atoms with Gasteiger partial charge in [-0.1, -0.05) is 11.6 Å². The molecule has 11 nitrogen and oxygen atoms in total. The average molecular weight is 497 g/mol. The smallest absolute Gasteiger partial charge is 0.416 e. The van der Waals surface area contributed by atoms with E-state index in [1.807, 2.05) is 0 Å². The van der Waals surface area contributed by atoms with Crippen LogP contribution in [-0.4, -0.2) is 80.9 Å². The molecule has 1 spiro atoms. The molecule has 1 aromatic rings. The molecule has 3 fully saturated rings. The standard InChI is InChI=1S/C17H17ClF4N6O5/c18-7-2-5(17(20,21)22)1-6(10(7)19)12(30)33-9-3-28-14(24)25-8(4-29)11-15(28,16(9,31)32)27-13(23)26-11/h1-2,8-9,11,29,31-32H,3-4H2,(H2,24,25)(H3,23,26,27)/t8-,9-,11?,15-/m0/s1. The second-order valence-corrected chi connectivity index (χ2v) is 8.13. The number of benzene rings is 1. The Labute approximate surface area is 187 Å². The minimum atomic E-state index is -4.95. The summed E-state index contributed by atoms with van der Waals surface area (Å²) in [6.45, 7) is -1.16. The Morgan fingerprint density at radius 2 is 1.97 bits per heavy atom. The van der Waals surface area contributed by atoms with E-state index < -0.39 is 88.8 Å². The average Bonchev–Trinajstić information content (AvgIpc) is 3.17. The normalized spacial score (nSPS) is 30.2. The summed E-state index contributed by atoms with van der Waals surface area (Å²) in [6.07, 6.45) is -6.87. The van der Waals surface area contributed by atoms with E-state index in [0.717, 1.165) is 4.90 Å². The Hall–Kier alpha value is -2.88. The fraction of sp³-hybridized carbons (Fsp3) is 0.471. The number of guanidine groups is 2. The van der Waals surface area contributed by atoms with Gasteiger partial charge in [-0.3, -0.25) is 10.8 Å². The molecule has 180 valence electrons. The first kappa shape index (κ1) is 23.3. The molecule has 3 heterocycles. The summed E-state index contributed by atoms with van der Waals surface area (Å²) in [5, 5.41) is 54.3.